The second-order valence-corrected chi connectivity index (χ2v) is 13.1. The number of β-lactam (4-membered cyclic amide) rings is 1. The summed E-state index contributed by atoms with van der Waals surface area (Å²) in [6.45, 7) is 0. The molecule has 13 nitrogen and oxygen atoms in total. The average Bonchev–Trinajstić information content (AvgIpc) is 3.41. The average molecular weight is 650 g/mol. The van der Waals surface area contributed by atoms with E-state index in [1.165, 1.54) is 72.5 Å². The molecule has 1 aromatic carbocycles. The Bertz CT molecular complexity index is 1720. The van der Waals surface area contributed by atoms with Crippen molar-refractivity contribution in [2.45, 2.75) is 15.6 Å². The van der Waals surface area contributed by atoms with Crippen molar-refractivity contribution in [3.63, 3.8) is 0 Å². The van der Waals surface area contributed by atoms with Crippen LogP contribution >= 0.6 is 46.2 Å². The number of aliphatic carboxylic acids is 1. The summed E-state index contributed by atoms with van der Waals surface area (Å²) >= 11 is 5.12. The predicted octanol–water partition coefficient (Wildman–Crippen LogP) is 2.20. The van der Waals surface area contributed by atoms with E-state index in [0.717, 1.165) is 11.3 Å². The number of oxime groups is 1. The Morgan fingerprint density at radius 2 is 1.95 bits per heavy atom. The second-order valence-electron chi connectivity index (χ2n) is 8.73. The Labute approximate surface area is 254 Å². The molecule has 2 aliphatic rings. The quantitative estimate of drug-likeness (QED) is 0.126. The van der Waals surface area contributed by atoms with Gasteiger partial charge in [0.1, 0.15) is 29.9 Å². The third kappa shape index (κ3) is 5.51. The number of nitrogens with two attached hydrogens (primary N) is 1. The van der Waals surface area contributed by atoms with Gasteiger partial charge >= 0.3 is 5.97 Å². The molecule has 4 N–H and O–H groups in total. The number of anilines is 1. The zero-order valence-electron chi connectivity index (χ0n) is 22.2. The Hall–Kier alpha value is -3.80. The number of carboxylic acid groups (broad SMARTS) is 1. The summed E-state index contributed by atoms with van der Waals surface area (Å²) in [5.74, 6) is -1.03. The molecule has 0 saturated carbocycles. The van der Waals surface area contributed by atoms with E-state index in [9.17, 15) is 24.3 Å². The normalized spacial score (nSPS) is 18.4. The number of amides is 2. The van der Waals surface area contributed by atoms with Gasteiger partial charge in [-0.3, -0.25) is 19.3 Å². The molecule has 2 atom stereocenters. The smallest absolute Gasteiger partial charge is 0.352 e. The van der Waals surface area contributed by atoms with Crippen LogP contribution in [0.5, 0.6) is 11.5 Å². The maximum absolute atomic E-state index is 13.1. The number of carbonyl (C=O) groups is 3. The first-order chi connectivity index (χ1) is 20.2. The van der Waals surface area contributed by atoms with Gasteiger partial charge in [-0.2, -0.15) is 0 Å². The molecule has 2 aromatic heterocycles. The van der Waals surface area contributed by atoms with E-state index in [-0.39, 0.29) is 33.4 Å². The molecule has 220 valence electrons. The van der Waals surface area contributed by atoms with Crippen molar-refractivity contribution in [3.8, 4) is 11.5 Å². The fourth-order valence-corrected chi connectivity index (χ4v) is 8.65. The van der Waals surface area contributed by atoms with E-state index in [2.05, 4.69) is 15.5 Å². The van der Waals surface area contributed by atoms with Crippen LogP contribution in [-0.2, 0) is 19.2 Å². The molecule has 2 aliphatic heterocycles. The molecule has 0 spiro atoms. The van der Waals surface area contributed by atoms with Crippen LogP contribution in [0, 0.1) is 0 Å². The van der Waals surface area contributed by atoms with Crippen molar-refractivity contribution in [3.05, 3.63) is 50.8 Å². The van der Waals surface area contributed by atoms with Crippen LogP contribution in [0.1, 0.15) is 5.69 Å². The molecule has 0 aliphatic carbocycles. The molecule has 42 heavy (non-hydrogen) atoms. The minimum absolute atomic E-state index is 0.126. The number of carboxylic acids is 1. The standard InChI is InChI=1S/C25H23N5O8S4/c1-36-14-4-11-13(31)5-17(42-16(11)6-15(14)37-2)39-7-10-8-40-23-19(22(33)30(23)20(10)24(34)35)28-21(32)18(29-38-3)12-9-41-25(26)27-12/h4-6,9,19,23H,7-8H2,1-3H3,(H2,26,27)(H,28,32)(H,34,35)/b29-18-/t19-,23+/m1/s1. The highest BCUT2D eigenvalue weighted by Gasteiger charge is 2.54. The third-order valence-corrected chi connectivity index (χ3v) is 10.7. The number of fused-ring (bicyclic) bond motifs is 2. The minimum atomic E-state index is -1.25. The summed E-state index contributed by atoms with van der Waals surface area (Å²) in [7, 11) is 4.27. The molecule has 1 fully saturated rings. The SMILES string of the molecule is CO/N=C(\C(=O)N[C@@H]1C(=O)N2C(C(=O)O)=C(CSc3cc(=O)c4cc(OC)c(OC)cc4s3)CS[C@@H]12)c1csc(N)n1. The van der Waals surface area contributed by atoms with Crippen molar-refractivity contribution in [2.24, 2.45) is 5.16 Å². The van der Waals surface area contributed by atoms with Gasteiger partial charge in [0.05, 0.1) is 18.4 Å². The molecule has 4 heterocycles. The topological polar surface area (TPSA) is 183 Å². The van der Waals surface area contributed by atoms with E-state index in [4.69, 9.17) is 20.0 Å². The largest absolute Gasteiger partial charge is 0.493 e. The summed E-state index contributed by atoms with van der Waals surface area (Å²) < 4.78 is 12.0. The maximum atomic E-state index is 13.1. The van der Waals surface area contributed by atoms with Crippen LogP contribution in [0.15, 0.2) is 49.0 Å². The highest BCUT2D eigenvalue weighted by Crippen LogP contribution is 2.42. The Morgan fingerprint density at radius 1 is 1.21 bits per heavy atom. The van der Waals surface area contributed by atoms with Gasteiger partial charge in [-0.05, 0) is 11.6 Å². The van der Waals surface area contributed by atoms with Crippen LogP contribution in [0.2, 0.25) is 0 Å². The highest BCUT2D eigenvalue weighted by atomic mass is 32.2. The number of carbonyl (C=O) groups excluding carboxylic acids is 2. The van der Waals surface area contributed by atoms with Gasteiger partial charge in [-0.15, -0.1) is 46.2 Å². The van der Waals surface area contributed by atoms with Crippen molar-refractivity contribution in [1.82, 2.24) is 15.2 Å². The number of ether oxygens (including phenoxy) is 2. The number of thioether (sulfide) groups is 2. The number of benzene rings is 1. The summed E-state index contributed by atoms with van der Waals surface area (Å²) in [6.07, 6.45) is 0. The molecular formula is C25H23N5O8S4. The fraction of sp³-hybridized carbons (Fsp3) is 0.280. The van der Waals surface area contributed by atoms with Gasteiger partial charge in [0, 0.05) is 39.1 Å². The minimum Gasteiger partial charge on any atom is -0.493 e. The molecule has 3 aromatic rings. The van der Waals surface area contributed by atoms with Crippen molar-refractivity contribution < 1.29 is 33.8 Å². The van der Waals surface area contributed by atoms with Gasteiger partial charge in [0.15, 0.2) is 27.8 Å². The zero-order chi connectivity index (χ0) is 30.1. The van der Waals surface area contributed by atoms with E-state index >= 15 is 0 Å². The summed E-state index contributed by atoms with van der Waals surface area (Å²) in [6, 6.07) is 3.89. The van der Waals surface area contributed by atoms with Crippen LogP contribution in [-0.4, -0.2) is 82.7 Å². The predicted molar refractivity (Wildman–Crippen MR) is 162 cm³/mol. The number of thiazole rings is 1. The maximum Gasteiger partial charge on any atom is 0.352 e. The van der Waals surface area contributed by atoms with Gasteiger partial charge < -0.3 is 30.5 Å². The van der Waals surface area contributed by atoms with Gasteiger partial charge in [0.2, 0.25) is 0 Å². The molecular weight excluding hydrogens is 627 g/mol. The monoisotopic (exact) mass is 649 g/mol. The van der Waals surface area contributed by atoms with Crippen molar-refractivity contribution >= 4 is 84.9 Å². The number of nitrogen functional groups attached to an aromatic ring is 1. The number of aromatic nitrogens is 1. The first-order valence-electron chi connectivity index (χ1n) is 12.0. The van der Waals surface area contributed by atoms with E-state index in [0.29, 0.717) is 37.1 Å². The molecule has 1 saturated heterocycles. The third-order valence-electron chi connectivity index (χ3n) is 6.30. The zero-order valence-corrected chi connectivity index (χ0v) is 25.5. The van der Waals surface area contributed by atoms with E-state index in [1.807, 2.05) is 0 Å². The Balaban J connectivity index is 1.33. The Morgan fingerprint density at radius 3 is 2.60 bits per heavy atom. The van der Waals surface area contributed by atoms with Gasteiger partial charge in [0.25, 0.3) is 11.8 Å². The lowest BCUT2D eigenvalue weighted by molar-refractivity contribution is -0.150. The second kappa shape index (κ2) is 12.2. The molecule has 2 amide bonds. The van der Waals surface area contributed by atoms with Crippen molar-refractivity contribution in [2.75, 3.05) is 38.6 Å². The van der Waals surface area contributed by atoms with Gasteiger partial charge in [-0.25, -0.2) is 9.78 Å². The summed E-state index contributed by atoms with van der Waals surface area (Å²) in [4.78, 5) is 61.2. The number of methoxy groups -OCH3 is 2. The van der Waals surface area contributed by atoms with E-state index in [1.54, 1.807) is 12.1 Å². The number of rotatable bonds is 10. The van der Waals surface area contributed by atoms with Crippen LogP contribution in [0.4, 0.5) is 5.13 Å². The molecule has 0 bridgehead atoms. The number of hydrogen-bond donors (Lipinski definition) is 3. The molecule has 0 unspecified atom stereocenters. The lowest BCUT2D eigenvalue weighted by atomic mass is 10.0. The van der Waals surface area contributed by atoms with Crippen LogP contribution in [0.3, 0.4) is 0 Å². The number of nitrogens with one attached hydrogen (secondary N) is 1. The lowest BCUT2D eigenvalue weighted by Crippen LogP contribution is -2.71. The Kier molecular flexibility index (Phi) is 8.63. The van der Waals surface area contributed by atoms with Gasteiger partial charge in [-0.1, -0.05) is 5.16 Å². The molecule has 0 radical (unpaired) electrons. The summed E-state index contributed by atoms with van der Waals surface area (Å²) in [5.41, 5.74) is 5.89. The van der Waals surface area contributed by atoms with Crippen molar-refractivity contribution in [1.29, 1.82) is 0 Å². The highest BCUT2D eigenvalue weighted by molar-refractivity contribution is 8.02. The number of nitrogens with zero attached hydrogens (tertiary/aromatic N) is 3. The lowest BCUT2D eigenvalue weighted by Gasteiger charge is -2.49. The molecule has 17 heteroatoms. The first-order valence-corrected chi connectivity index (χ1v) is 15.8. The fourth-order valence-electron chi connectivity index (χ4n) is 4.39. The van der Waals surface area contributed by atoms with Crippen LogP contribution in [0.25, 0.3) is 10.1 Å². The van der Waals surface area contributed by atoms with Crippen LogP contribution < -0.4 is 26.0 Å². The molecule has 5 rings (SSSR count). The first kappa shape index (κ1) is 29.7. The summed E-state index contributed by atoms with van der Waals surface area (Å²) in [5, 5.41) is 18.0. The number of hydrogen-bond acceptors (Lipinski definition) is 14. The van der Waals surface area contributed by atoms with E-state index < -0.39 is 29.2 Å².